The van der Waals surface area contributed by atoms with Gasteiger partial charge in [0, 0.05) is 6.61 Å². The zero-order valence-corrected chi connectivity index (χ0v) is 13.1. The van der Waals surface area contributed by atoms with Gasteiger partial charge in [-0.2, -0.15) is 0 Å². The molecule has 3 heteroatoms. The molecular formula is C14H26O2Si. The van der Waals surface area contributed by atoms with E-state index >= 15 is 0 Å². The van der Waals surface area contributed by atoms with Crippen LogP contribution in [0.2, 0.25) is 18.1 Å². The molecule has 0 N–H and O–H groups in total. The van der Waals surface area contributed by atoms with Crippen molar-refractivity contribution in [3.63, 3.8) is 0 Å². The zero-order chi connectivity index (χ0) is 13.1. The highest BCUT2D eigenvalue weighted by Crippen LogP contribution is 2.38. The minimum Gasteiger partial charge on any atom is -0.410 e. The first kappa shape index (κ1) is 14.8. The highest BCUT2D eigenvalue weighted by molar-refractivity contribution is 6.74. The van der Waals surface area contributed by atoms with Crippen LogP contribution in [-0.2, 0) is 9.16 Å². The van der Waals surface area contributed by atoms with E-state index < -0.39 is 8.32 Å². The monoisotopic (exact) mass is 254 g/mol. The van der Waals surface area contributed by atoms with Crippen LogP contribution in [0.3, 0.4) is 0 Å². The summed E-state index contributed by atoms with van der Waals surface area (Å²) in [5.74, 6) is 6.09. The first-order valence-electron chi connectivity index (χ1n) is 6.49. The molecule has 1 saturated heterocycles. The Morgan fingerprint density at radius 3 is 2.47 bits per heavy atom. The van der Waals surface area contributed by atoms with Crippen LogP contribution in [0.1, 0.15) is 40.5 Å². The summed E-state index contributed by atoms with van der Waals surface area (Å²) in [6.45, 7) is 14.1. The lowest BCUT2D eigenvalue weighted by atomic mass is 10.1. The topological polar surface area (TPSA) is 18.5 Å². The summed E-state index contributed by atoms with van der Waals surface area (Å²) in [6, 6.07) is 0. The highest BCUT2D eigenvalue weighted by atomic mass is 28.4. The van der Waals surface area contributed by atoms with Crippen molar-refractivity contribution in [1.82, 2.24) is 0 Å². The van der Waals surface area contributed by atoms with Gasteiger partial charge in [0.1, 0.15) is 6.10 Å². The highest BCUT2D eigenvalue weighted by Gasteiger charge is 2.41. The van der Waals surface area contributed by atoms with Crippen molar-refractivity contribution in [2.75, 3.05) is 6.61 Å². The predicted molar refractivity (Wildman–Crippen MR) is 74.5 cm³/mol. The largest absolute Gasteiger partial charge is 0.410 e. The molecule has 1 fully saturated rings. The number of ether oxygens (including phenoxy) is 1. The fourth-order valence-electron chi connectivity index (χ4n) is 1.71. The molecule has 2 nitrogen and oxygen atoms in total. The van der Waals surface area contributed by atoms with E-state index in [0.29, 0.717) is 0 Å². The van der Waals surface area contributed by atoms with E-state index in [4.69, 9.17) is 9.16 Å². The van der Waals surface area contributed by atoms with E-state index in [1.54, 1.807) is 0 Å². The van der Waals surface area contributed by atoms with E-state index in [0.717, 1.165) is 19.4 Å². The molecule has 1 aliphatic heterocycles. The maximum absolute atomic E-state index is 6.42. The third-order valence-corrected chi connectivity index (χ3v) is 8.31. The lowest BCUT2D eigenvalue weighted by Crippen LogP contribution is -2.48. The Labute approximate surface area is 107 Å². The van der Waals surface area contributed by atoms with Crippen molar-refractivity contribution in [2.24, 2.45) is 0 Å². The van der Waals surface area contributed by atoms with Crippen LogP contribution in [0.25, 0.3) is 0 Å². The molecule has 0 aliphatic carbocycles. The van der Waals surface area contributed by atoms with Gasteiger partial charge in [0.25, 0.3) is 0 Å². The molecule has 98 valence electrons. The summed E-state index contributed by atoms with van der Waals surface area (Å²) < 4.78 is 12.1. The van der Waals surface area contributed by atoms with Crippen molar-refractivity contribution in [1.29, 1.82) is 0 Å². The summed E-state index contributed by atoms with van der Waals surface area (Å²) in [4.78, 5) is 0. The maximum Gasteiger partial charge on any atom is 0.192 e. The Balaban J connectivity index is 2.73. The van der Waals surface area contributed by atoms with Gasteiger partial charge in [-0.1, -0.05) is 26.7 Å². The van der Waals surface area contributed by atoms with Crippen molar-refractivity contribution in [2.45, 2.75) is 70.9 Å². The molecule has 17 heavy (non-hydrogen) atoms. The van der Waals surface area contributed by atoms with Crippen molar-refractivity contribution < 1.29 is 9.16 Å². The van der Waals surface area contributed by atoms with Crippen molar-refractivity contribution >= 4 is 8.32 Å². The molecule has 2 atom stereocenters. The normalized spacial score (nSPS) is 26.2. The summed E-state index contributed by atoms with van der Waals surface area (Å²) in [5, 5.41) is 0.245. The first-order chi connectivity index (χ1) is 7.78. The van der Waals surface area contributed by atoms with E-state index in [-0.39, 0.29) is 17.2 Å². The molecule has 1 rings (SSSR count). The van der Waals surface area contributed by atoms with Gasteiger partial charge in [0.15, 0.2) is 8.32 Å². The summed E-state index contributed by atoms with van der Waals surface area (Å²) in [6.07, 6.45) is 2.30. The second kappa shape index (κ2) is 5.56. The predicted octanol–water partition coefficient (Wildman–Crippen LogP) is 3.58. The third-order valence-electron chi connectivity index (χ3n) is 3.81. The molecular weight excluding hydrogens is 228 g/mol. The molecule has 0 aromatic rings. The van der Waals surface area contributed by atoms with Gasteiger partial charge in [-0.15, -0.1) is 5.92 Å². The fraction of sp³-hybridized carbons (Fsp3) is 0.857. The smallest absolute Gasteiger partial charge is 0.192 e. The van der Waals surface area contributed by atoms with Crippen LogP contribution in [0.5, 0.6) is 0 Å². The Morgan fingerprint density at radius 2 is 1.94 bits per heavy atom. The van der Waals surface area contributed by atoms with Crippen molar-refractivity contribution in [3.05, 3.63) is 0 Å². The summed E-state index contributed by atoms with van der Waals surface area (Å²) in [7, 11) is -1.71. The molecule has 0 saturated carbocycles. The van der Waals surface area contributed by atoms with E-state index in [1.807, 2.05) is 6.92 Å². The minimum atomic E-state index is -1.71. The second-order valence-corrected chi connectivity index (χ2v) is 11.0. The second-order valence-electron chi connectivity index (χ2n) is 6.24. The Kier molecular flexibility index (Phi) is 4.83. The van der Waals surface area contributed by atoms with E-state index in [9.17, 15) is 0 Å². The maximum atomic E-state index is 6.42. The number of hydrogen-bond acceptors (Lipinski definition) is 2. The molecule has 0 aromatic carbocycles. The molecule has 0 bridgehead atoms. The number of rotatable bonds is 2. The molecule has 1 aliphatic rings. The molecule has 1 heterocycles. The van der Waals surface area contributed by atoms with E-state index in [1.165, 1.54) is 0 Å². The minimum absolute atomic E-state index is 0.0251. The molecule has 0 aromatic heterocycles. The zero-order valence-electron chi connectivity index (χ0n) is 12.1. The van der Waals surface area contributed by atoms with Crippen molar-refractivity contribution in [3.8, 4) is 11.8 Å². The van der Waals surface area contributed by atoms with Gasteiger partial charge in [0.05, 0.1) is 6.10 Å². The lowest BCUT2D eigenvalue weighted by molar-refractivity contribution is -0.0371. The summed E-state index contributed by atoms with van der Waals surface area (Å²) >= 11 is 0. The van der Waals surface area contributed by atoms with Gasteiger partial charge in [-0.3, -0.25) is 0 Å². The van der Waals surface area contributed by atoms with E-state index in [2.05, 4.69) is 45.7 Å². The van der Waals surface area contributed by atoms with Crippen LogP contribution in [0, 0.1) is 11.8 Å². The molecule has 0 unspecified atom stereocenters. The summed E-state index contributed by atoms with van der Waals surface area (Å²) in [5.41, 5.74) is 0. The third kappa shape index (κ3) is 3.84. The Morgan fingerprint density at radius 1 is 1.29 bits per heavy atom. The Bertz CT molecular complexity index is 306. The van der Waals surface area contributed by atoms with Crippen LogP contribution < -0.4 is 0 Å². The SMILES string of the molecule is CC#C[C@@H]1OCCC[C@@H]1O[Si](C)(C)C(C)(C)C. The van der Waals surface area contributed by atoms with Gasteiger partial charge < -0.3 is 9.16 Å². The molecule has 0 spiro atoms. The van der Waals surface area contributed by atoms with Crippen LogP contribution in [0.15, 0.2) is 0 Å². The first-order valence-corrected chi connectivity index (χ1v) is 9.40. The Hall–Kier alpha value is -0.303. The standard InChI is InChI=1S/C14H26O2Si/c1-7-9-12-13(10-8-11-15-12)16-17(5,6)14(2,3)4/h12-13H,8,10-11H2,1-6H3/t12-,13-/m0/s1. The fourth-order valence-corrected chi connectivity index (χ4v) is 3.06. The molecule has 0 radical (unpaired) electrons. The van der Waals surface area contributed by atoms with Crippen LogP contribution in [-0.4, -0.2) is 27.1 Å². The van der Waals surface area contributed by atoms with Gasteiger partial charge in [-0.05, 0) is 37.9 Å². The average Bonchev–Trinajstić information content (AvgIpc) is 2.19. The van der Waals surface area contributed by atoms with Gasteiger partial charge in [0.2, 0.25) is 0 Å². The number of hydrogen-bond donors (Lipinski definition) is 0. The quantitative estimate of drug-likeness (QED) is 0.554. The van der Waals surface area contributed by atoms with Gasteiger partial charge in [-0.25, -0.2) is 0 Å². The van der Waals surface area contributed by atoms with Crippen LogP contribution in [0.4, 0.5) is 0 Å². The average molecular weight is 254 g/mol. The molecule has 0 amide bonds. The van der Waals surface area contributed by atoms with Crippen LogP contribution >= 0.6 is 0 Å². The van der Waals surface area contributed by atoms with Gasteiger partial charge >= 0.3 is 0 Å². The lowest BCUT2D eigenvalue weighted by Gasteiger charge is -2.41.